The number of alkyl halides is 2. The number of amides is 2. The highest BCUT2D eigenvalue weighted by Crippen LogP contribution is 2.56. The summed E-state index contributed by atoms with van der Waals surface area (Å²) in [6.45, 7) is 5.19. The average molecular weight is 543 g/mol. The number of piperidine rings is 1. The van der Waals surface area contributed by atoms with E-state index in [4.69, 9.17) is 23.2 Å². The lowest BCUT2D eigenvalue weighted by Gasteiger charge is -2.43. The SMILES string of the molecule is CC1CN(CCC(C(=O)N2CC(F)(F)C2)N2CCN(c3ccc(Cl)c(Cl)c3)CCC2=O)CCC12CC2. The van der Waals surface area contributed by atoms with Crippen molar-refractivity contribution in [2.45, 2.75) is 51.0 Å². The Labute approximate surface area is 221 Å². The van der Waals surface area contributed by atoms with E-state index in [1.54, 1.807) is 17.0 Å². The van der Waals surface area contributed by atoms with Crippen LogP contribution < -0.4 is 4.90 Å². The van der Waals surface area contributed by atoms with Gasteiger partial charge in [0.15, 0.2) is 0 Å². The minimum Gasteiger partial charge on any atom is -0.369 e. The average Bonchev–Trinajstić information content (AvgIpc) is 3.62. The molecule has 1 spiro atoms. The summed E-state index contributed by atoms with van der Waals surface area (Å²) < 4.78 is 27.2. The minimum atomic E-state index is -2.84. The number of benzene rings is 1. The number of hydrogen-bond donors (Lipinski definition) is 0. The molecule has 198 valence electrons. The van der Waals surface area contributed by atoms with Crippen LogP contribution in [-0.2, 0) is 9.59 Å². The van der Waals surface area contributed by atoms with Gasteiger partial charge in [-0.1, -0.05) is 30.1 Å². The molecule has 2 unspecified atom stereocenters. The lowest BCUT2D eigenvalue weighted by atomic mass is 9.83. The third-order valence-corrected chi connectivity index (χ3v) is 9.47. The summed E-state index contributed by atoms with van der Waals surface area (Å²) >= 11 is 12.3. The van der Waals surface area contributed by atoms with Crippen LogP contribution in [-0.4, -0.2) is 90.8 Å². The standard InChI is InChI=1S/C26H34Cl2F2N4O2/c1-18-15-31(11-8-25(18)6-7-25)9-4-22(24(36)33-16-26(29,30)17-33)34-13-12-32(10-5-23(34)35)19-2-3-20(27)21(28)14-19/h2-3,14,18,22H,4-13,15-17H2,1H3. The molecule has 6 nitrogen and oxygen atoms in total. The maximum absolute atomic E-state index is 13.6. The van der Waals surface area contributed by atoms with Gasteiger partial charge in [-0.3, -0.25) is 9.59 Å². The molecule has 1 aromatic rings. The highest BCUT2D eigenvalue weighted by Gasteiger charge is 2.50. The highest BCUT2D eigenvalue weighted by molar-refractivity contribution is 6.42. The fourth-order valence-electron chi connectivity index (χ4n) is 6.11. The van der Waals surface area contributed by atoms with Crippen molar-refractivity contribution in [1.29, 1.82) is 0 Å². The fourth-order valence-corrected chi connectivity index (χ4v) is 6.40. The van der Waals surface area contributed by atoms with Crippen LogP contribution in [0.25, 0.3) is 0 Å². The Morgan fingerprint density at radius 2 is 1.83 bits per heavy atom. The lowest BCUT2D eigenvalue weighted by Crippen LogP contribution is -2.63. The molecule has 4 aliphatic rings. The fraction of sp³-hybridized carbons (Fsp3) is 0.692. The molecule has 5 rings (SSSR count). The van der Waals surface area contributed by atoms with Crippen molar-refractivity contribution < 1.29 is 18.4 Å². The third kappa shape index (κ3) is 5.32. The van der Waals surface area contributed by atoms with Crippen molar-refractivity contribution in [3.8, 4) is 0 Å². The van der Waals surface area contributed by atoms with Gasteiger partial charge >= 0.3 is 0 Å². The predicted molar refractivity (Wildman–Crippen MR) is 137 cm³/mol. The number of anilines is 1. The largest absolute Gasteiger partial charge is 0.369 e. The first-order chi connectivity index (χ1) is 17.1. The van der Waals surface area contributed by atoms with E-state index in [0.717, 1.165) is 18.8 Å². The van der Waals surface area contributed by atoms with E-state index >= 15 is 0 Å². The molecule has 2 atom stereocenters. The van der Waals surface area contributed by atoms with Crippen LogP contribution in [0.5, 0.6) is 0 Å². The second kappa shape index (κ2) is 9.91. The normalized spacial score (nSPS) is 26.5. The summed E-state index contributed by atoms with van der Waals surface area (Å²) in [6, 6.07) is 4.64. The summed E-state index contributed by atoms with van der Waals surface area (Å²) in [7, 11) is 0. The van der Waals surface area contributed by atoms with Gasteiger partial charge < -0.3 is 19.6 Å². The summed E-state index contributed by atoms with van der Waals surface area (Å²) in [4.78, 5) is 33.9. The van der Waals surface area contributed by atoms with E-state index in [1.807, 2.05) is 6.07 Å². The summed E-state index contributed by atoms with van der Waals surface area (Å²) in [5, 5.41) is 0.904. The number of halogens is 4. The van der Waals surface area contributed by atoms with Gasteiger partial charge in [0.25, 0.3) is 5.92 Å². The van der Waals surface area contributed by atoms with E-state index in [9.17, 15) is 18.4 Å². The zero-order valence-electron chi connectivity index (χ0n) is 20.7. The van der Waals surface area contributed by atoms with Crippen molar-refractivity contribution in [3.63, 3.8) is 0 Å². The van der Waals surface area contributed by atoms with Gasteiger partial charge in [0.05, 0.1) is 23.1 Å². The lowest BCUT2D eigenvalue weighted by molar-refractivity contribution is -0.172. The first-order valence-corrected chi connectivity index (χ1v) is 13.7. The molecule has 10 heteroatoms. The van der Waals surface area contributed by atoms with Gasteiger partial charge in [-0.05, 0) is 61.8 Å². The molecule has 0 bridgehead atoms. The Balaban J connectivity index is 1.28. The second-order valence-corrected chi connectivity index (χ2v) is 11.9. The van der Waals surface area contributed by atoms with Crippen molar-refractivity contribution >= 4 is 40.7 Å². The van der Waals surface area contributed by atoms with Crippen LogP contribution in [0.15, 0.2) is 18.2 Å². The Morgan fingerprint density at radius 1 is 1.08 bits per heavy atom. The number of rotatable bonds is 6. The molecular formula is C26H34Cl2F2N4O2. The third-order valence-electron chi connectivity index (χ3n) is 8.73. The van der Waals surface area contributed by atoms with E-state index in [0.29, 0.717) is 54.0 Å². The Kier molecular flexibility index (Phi) is 7.16. The molecule has 1 aliphatic carbocycles. The summed E-state index contributed by atoms with van der Waals surface area (Å²) in [5.74, 6) is -2.70. The van der Waals surface area contributed by atoms with Gasteiger partial charge in [0.2, 0.25) is 11.8 Å². The number of likely N-dealkylation sites (tertiary alicyclic amines) is 2. The van der Waals surface area contributed by atoms with Crippen LogP contribution in [0.4, 0.5) is 14.5 Å². The van der Waals surface area contributed by atoms with Gasteiger partial charge in [0.1, 0.15) is 6.04 Å². The molecule has 2 amide bonds. The van der Waals surface area contributed by atoms with E-state index in [1.165, 1.54) is 24.2 Å². The number of carbonyl (C=O) groups excluding carboxylic acids is 2. The molecule has 4 fully saturated rings. The Bertz CT molecular complexity index is 1010. The first-order valence-electron chi connectivity index (χ1n) is 13.0. The van der Waals surface area contributed by atoms with Gasteiger partial charge in [-0.2, -0.15) is 0 Å². The Morgan fingerprint density at radius 3 is 2.47 bits per heavy atom. The minimum absolute atomic E-state index is 0.118. The quantitative estimate of drug-likeness (QED) is 0.534. The van der Waals surface area contributed by atoms with Crippen molar-refractivity contribution in [1.82, 2.24) is 14.7 Å². The van der Waals surface area contributed by atoms with E-state index < -0.39 is 25.1 Å². The van der Waals surface area contributed by atoms with Crippen molar-refractivity contribution in [3.05, 3.63) is 28.2 Å². The first kappa shape index (κ1) is 26.0. The van der Waals surface area contributed by atoms with Crippen LogP contribution in [0, 0.1) is 11.3 Å². The van der Waals surface area contributed by atoms with E-state index in [-0.39, 0.29) is 18.2 Å². The van der Waals surface area contributed by atoms with Crippen molar-refractivity contribution in [2.75, 3.05) is 57.3 Å². The second-order valence-electron chi connectivity index (χ2n) is 11.1. The highest BCUT2D eigenvalue weighted by atomic mass is 35.5. The van der Waals surface area contributed by atoms with Crippen molar-refractivity contribution in [2.24, 2.45) is 11.3 Å². The zero-order chi connectivity index (χ0) is 25.7. The predicted octanol–water partition coefficient (Wildman–Crippen LogP) is 4.39. The molecule has 36 heavy (non-hydrogen) atoms. The van der Waals surface area contributed by atoms with Crippen LogP contribution in [0.3, 0.4) is 0 Å². The number of carbonyl (C=O) groups is 2. The molecule has 3 aliphatic heterocycles. The van der Waals surface area contributed by atoms with Crippen LogP contribution in [0.1, 0.15) is 39.0 Å². The van der Waals surface area contributed by atoms with Gasteiger partial charge in [0, 0.05) is 44.8 Å². The molecule has 3 saturated heterocycles. The van der Waals surface area contributed by atoms with Crippen LogP contribution >= 0.6 is 23.2 Å². The molecule has 1 aromatic carbocycles. The molecular weight excluding hydrogens is 509 g/mol. The smallest absolute Gasteiger partial charge is 0.282 e. The van der Waals surface area contributed by atoms with E-state index in [2.05, 4.69) is 16.7 Å². The number of hydrogen-bond acceptors (Lipinski definition) is 4. The number of nitrogens with zero attached hydrogens (tertiary/aromatic N) is 4. The van der Waals surface area contributed by atoms with Crippen LogP contribution in [0.2, 0.25) is 10.0 Å². The Hall–Kier alpha value is -1.64. The van der Waals surface area contributed by atoms with Gasteiger partial charge in [-0.15, -0.1) is 0 Å². The maximum Gasteiger partial charge on any atom is 0.282 e. The molecule has 1 saturated carbocycles. The monoisotopic (exact) mass is 542 g/mol. The summed E-state index contributed by atoms with van der Waals surface area (Å²) in [6.07, 6.45) is 4.49. The van der Waals surface area contributed by atoms with Gasteiger partial charge in [-0.25, -0.2) is 8.78 Å². The molecule has 0 N–H and O–H groups in total. The molecule has 0 radical (unpaired) electrons. The summed E-state index contributed by atoms with van der Waals surface area (Å²) in [5.41, 5.74) is 1.38. The molecule has 0 aromatic heterocycles. The maximum atomic E-state index is 13.6. The molecule has 3 heterocycles. The topological polar surface area (TPSA) is 47.1 Å². The zero-order valence-corrected chi connectivity index (χ0v) is 22.2.